The monoisotopic (exact) mass is 341 g/mol. The van der Waals surface area contributed by atoms with Crippen LogP contribution in [-0.2, 0) is 16.1 Å². The van der Waals surface area contributed by atoms with Gasteiger partial charge in [-0.3, -0.25) is 0 Å². The van der Waals surface area contributed by atoms with Crippen molar-refractivity contribution in [3.8, 4) is 11.5 Å². The first-order chi connectivity index (χ1) is 12.0. The topological polar surface area (TPSA) is 44.5 Å². The molecule has 0 bridgehead atoms. The van der Waals surface area contributed by atoms with Gasteiger partial charge in [0, 0.05) is 12.0 Å². The van der Waals surface area contributed by atoms with Gasteiger partial charge in [0.05, 0.1) is 18.5 Å². The number of benzene rings is 1. The summed E-state index contributed by atoms with van der Waals surface area (Å²) in [5.41, 5.74) is 3.07. The van der Waals surface area contributed by atoms with Gasteiger partial charge < -0.3 is 13.9 Å². The molecular weight excluding hydrogens is 314 g/mol. The fourth-order valence-corrected chi connectivity index (χ4v) is 3.31. The predicted octanol–water partition coefficient (Wildman–Crippen LogP) is 5.34. The number of nitrogens with zero attached hydrogens (tertiary/aromatic N) is 1. The fraction of sp³-hybridized carbons (Fsp3) is 0.476. The van der Waals surface area contributed by atoms with Gasteiger partial charge in [-0.05, 0) is 52.2 Å². The Kier molecular flexibility index (Phi) is 5.59. The minimum absolute atomic E-state index is 0.205. The quantitative estimate of drug-likeness (QED) is 0.666. The van der Waals surface area contributed by atoms with Crippen LogP contribution in [0.2, 0.25) is 0 Å². The molecule has 1 aromatic heterocycles. The summed E-state index contributed by atoms with van der Waals surface area (Å²) in [6.07, 6.45) is 4.60. The van der Waals surface area contributed by atoms with E-state index in [1.165, 1.54) is 5.56 Å². The van der Waals surface area contributed by atoms with Crippen LogP contribution >= 0.6 is 0 Å². The average Bonchev–Trinajstić information content (AvgIpc) is 2.94. The minimum atomic E-state index is 0.205. The maximum atomic E-state index is 6.10. The molecule has 25 heavy (non-hydrogen) atoms. The van der Waals surface area contributed by atoms with Crippen molar-refractivity contribution in [2.45, 2.75) is 65.3 Å². The third-order valence-electron chi connectivity index (χ3n) is 4.56. The molecule has 3 rings (SSSR count). The van der Waals surface area contributed by atoms with Crippen molar-refractivity contribution in [2.24, 2.45) is 0 Å². The zero-order chi connectivity index (χ0) is 17.8. The number of aromatic nitrogens is 1. The van der Waals surface area contributed by atoms with E-state index in [-0.39, 0.29) is 12.2 Å². The zero-order valence-electron chi connectivity index (χ0n) is 15.4. The Morgan fingerprint density at radius 1 is 1.28 bits per heavy atom. The van der Waals surface area contributed by atoms with Crippen molar-refractivity contribution in [3.63, 3.8) is 0 Å². The SMILES string of the molecule is C=C(C)O[C@@H]1CCC[C@H](OCc2nc(-c3cccc(C)c3)oc2C)C1. The predicted molar refractivity (Wildman–Crippen MR) is 98.1 cm³/mol. The van der Waals surface area contributed by atoms with Gasteiger partial charge >= 0.3 is 0 Å². The van der Waals surface area contributed by atoms with Crippen molar-refractivity contribution >= 4 is 0 Å². The van der Waals surface area contributed by atoms with E-state index < -0.39 is 0 Å². The number of oxazole rings is 1. The summed E-state index contributed by atoms with van der Waals surface area (Å²) in [4.78, 5) is 4.64. The minimum Gasteiger partial charge on any atom is -0.496 e. The Morgan fingerprint density at radius 2 is 2.08 bits per heavy atom. The largest absolute Gasteiger partial charge is 0.496 e. The lowest BCUT2D eigenvalue weighted by atomic mass is 9.95. The molecule has 0 spiro atoms. The van der Waals surface area contributed by atoms with Crippen molar-refractivity contribution in [2.75, 3.05) is 0 Å². The van der Waals surface area contributed by atoms with Crippen LogP contribution in [0, 0.1) is 13.8 Å². The molecule has 1 aliphatic carbocycles. The second-order valence-corrected chi connectivity index (χ2v) is 6.93. The average molecular weight is 341 g/mol. The smallest absolute Gasteiger partial charge is 0.226 e. The highest BCUT2D eigenvalue weighted by Crippen LogP contribution is 2.27. The van der Waals surface area contributed by atoms with Crippen LogP contribution < -0.4 is 0 Å². The van der Waals surface area contributed by atoms with E-state index in [4.69, 9.17) is 13.9 Å². The summed E-state index contributed by atoms with van der Waals surface area (Å²) in [7, 11) is 0. The van der Waals surface area contributed by atoms with E-state index >= 15 is 0 Å². The van der Waals surface area contributed by atoms with Crippen molar-refractivity contribution < 1.29 is 13.9 Å². The molecule has 1 heterocycles. The van der Waals surface area contributed by atoms with E-state index in [0.717, 1.165) is 48.5 Å². The van der Waals surface area contributed by atoms with Crippen LogP contribution in [0.5, 0.6) is 0 Å². The van der Waals surface area contributed by atoms with E-state index in [0.29, 0.717) is 12.5 Å². The second kappa shape index (κ2) is 7.87. The van der Waals surface area contributed by atoms with E-state index in [9.17, 15) is 0 Å². The molecule has 0 amide bonds. The first kappa shape index (κ1) is 17.7. The van der Waals surface area contributed by atoms with Crippen molar-refractivity contribution in [1.29, 1.82) is 0 Å². The van der Waals surface area contributed by atoms with E-state index in [2.05, 4.69) is 30.6 Å². The van der Waals surface area contributed by atoms with E-state index in [1.54, 1.807) is 0 Å². The lowest BCUT2D eigenvalue weighted by Gasteiger charge is -2.29. The molecule has 2 atom stereocenters. The highest BCUT2D eigenvalue weighted by Gasteiger charge is 2.24. The Morgan fingerprint density at radius 3 is 2.84 bits per heavy atom. The van der Waals surface area contributed by atoms with Crippen LogP contribution in [0.1, 0.15) is 49.6 Å². The number of rotatable bonds is 6. The lowest BCUT2D eigenvalue weighted by molar-refractivity contribution is -0.0330. The Balaban J connectivity index is 1.61. The van der Waals surface area contributed by atoms with Gasteiger partial charge in [0.15, 0.2) is 0 Å². The molecule has 4 nitrogen and oxygen atoms in total. The van der Waals surface area contributed by atoms with Gasteiger partial charge in [-0.25, -0.2) is 4.98 Å². The summed E-state index contributed by atoms with van der Waals surface area (Å²) < 4.78 is 17.7. The zero-order valence-corrected chi connectivity index (χ0v) is 15.4. The third-order valence-corrected chi connectivity index (χ3v) is 4.56. The number of hydrogen-bond acceptors (Lipinski definition) is 4. The third kappa shape index (κ3) is 4.73. The molecule has 1 aromatic carbocycles. The number of hydrogen-bond donors (Lipinski definition) is 0. The first-order valence-electron chi connectivity index (χ1n) is 8.98. The first-order valence-corrected chi connectivity index (χ1v) is 8.98. The Labute approximate surface area is 149 Å². The Bertz CT molecular complexity index is 734. The van der Waals surface area contributed by atoms with Crippen LogP contribution in [0.4, 0.5) is 0 Å². The normalized spacial score (nSPS) is 20.4. The number of aryl methyl sites for hydroxylation is 2. The molecule has 4 heteroatoms. The van der Waals surface area contributed by atoms with Gasteiger partial charge in [0.25, 0.3) is 0 Å². The summed E-state index contributed by atoms with van der Waals surface area (Å²) in [6.45, 7) is 10.2. The molecule has 1 aliphatic rings. The van der Waals surface area contributed by atoms with Crippen molar-refractivity contribution in [1.82, 2.24) is 4.98 Å². The molecule has 0 radical (unpaired) electrons. The summed E-state index contributed by atoms with van der Waals surface area (Å²) in [5, 5.41) is 0. The number of allylic oxidation sites excluding steroid dienone is 1. The Hall–Kier alpha value is -2.07. The van der Waals surface area contributed by atoms with E-state index in [1.807, 2.05) is 26.0 Å². The number of ether oxygens (including phenoxy) is 2. The molecule has 0 unspecified atom stereocenters. The van der Waals surface area contributed by atoms with Gasteiger partial charge in [0.1, 0.15) is 17.6 Å². The van der Waals surface area contributed by atoms with Crippen molar-refractivity contribution in [3.05, 3.63) is 53.6 Å². The second-order valence-electron chi connectivity index (χ2n) is 6.93. The molecule has 0 saturated heterocycles. The molecule has 2 aromatic rings. The summed E-state index contributed by atoms with van der Waals surface area (Å²) >= 11 is 0. The molecule has 1 saturated carbocycles. The van der Waals surface area contributed by atoms with Crippen LogP contribution in [0.15, 0.2) is 41.0 Å². The maximum Gasteiger partial charge on any atom is 0.226 e. The lowest BCUT2D eigenvalue weighted by Crippen LogP contribution is -2.27. The van der Waals surface area contributed by atoms with Crippen LogP contribution in [0.25, 0.3) is 11.5 Å². The van der Waals surface area contributed by atoms with Gasteiger partial charge in [-0.15, -0.1) is 0 Å². The summed E-state index contributed by atoms with van der Waals surface area (Å²) in [5.74, 6) is 2.26. The van der Waals surface area contributed by atoms with Crippen LogP contribution in [-0.4, -0.2) is 17.2 Å². The van der Waals surface area contributed by atoms with Gasteiger partial charge in [0.2, 0.25) is 5.89 Å². The molecule has 1 fully saturated rings. The van der Waals surface area contributed by atoms with Gasteiger partial charge in [-0.2, -0.15) is 0 Å². The standard InChI is InChI=1S/C21H27NO3/c1-14(2)24-19-10-6-9-18(12-19)23-13-20-16(4)25-21(22-20)17-8-5-7-15(3)11-17/h5,7-8,11,18-19H,1,6,9-10,12-13H2,2-4H3/t18-,19+/m0/s1. The van der Waals surface area contributed by atoms with Gasteiger partial charge in [-0.1, -0.05) is 24.3 Å². The molecular formula is C21H27NO3. The summed E-state index contributed by atoms with van der Waals surface area (Å²) in [6, 6.07) is 8.18. The fourth-order valence-electron chi connectivity index (χ4n) is 3.31. The highest BCUT2D eigenvalue weighted by atomic mass is 16.5. The maximum absolute atomic E-state index is 6.10. The molecule has 0 aliphatic heterocycles. The van der Waals surface area contributed by atoms with Crippen LogP contribution in [0.3, 0.4) is 0 Å². The molecule has 0 N–H and O–H groups in total. The highest BCUT2D eigenvalue weighted by molar-refractivity contribution is 5.54. The molecule has 134 valence electrons.